The molecule has 0 aromatic carbocycles. The van der Waals surface area contributed by atoms with Gasteiger partial charge in [0.15, 0.2) is 0 Å². The second-order valence-electron chi connectivity index (χ2n) is 3.09. The van der Waals surface area contributed by atoms with Gasteiger partial charge in [0.1, 0.15) is 0 Å². The normalized spacial score (nSPS) is 52.6. The number of hydrogen-bond donors (Lipinski definition) is 2. The van der Waals surface area contributed by atoms with E-state index >= 15 is 0 Å². The van der Waals surface area contributed by atoms with Crippen molar-refractivity contribution in [2.45, 2.75) is 0 Å². The first kappa shape index (κ1) is 13.8. The van der Waals surface area contributed by atoms with Gasteiger partial charge in [-0.15, -0.1) is 0 Å². The van der Waals surface area contributed by atoms with Gasteiger partial charge in [-0.2, -0.15) is 0 Å². The van der Waals surface area contributed by atoms with Gasteiger partial charge in [0.25, 0.3) is 0 Å². The molecule has 3 saturated heterocycles. The summed E-state index contributed by atoms with van der Waals surface area (Å²) in [6.45, 7) is 0. The van der Waals surface area contributed by atoms with Gasteiger partial charge in [-0.1, -0.05) is 0 Å². The van der Waals surface area contributed by atoms with Gasteiger partial charge in [0.05, 0.1) is 0 Å². The SMILES string of the molecule is [O]=[Al][O][Si]1(O)O[Si]2(O1)O[Si]1(O[Si](O)([O][Al]=[O])O1)O2. The zero-order chi connectivity index (χ0) is 13.1. The van der Waals surface area contributed by atoms with E-state index in [-0.39, 0.29) is 0 Å². The average Bonchev–Trinajstić information content (AvgIpc) is 2.10. The predicted octanol–water partition coefficient (Wildman–Crippen LogP) is -4.18. The summed E-state index contributed by atoms with van der Waals surface area (Å²) in [4.78, 5) is 18.7. The van der Waals surface area contributed by atoms with Gasteiger partial charge < -0.3 is 0 Å². The molecule has 3 rings (SSSR count). The molecular weight excluding hydrogens is 358 g/mol. The van der Waals surface area contributed by atoms with Gasteiger partial charge >= 0.3 is 116 Å². The summed E-state index contributed by atoms with van der Waals surface area (Å²) >= 11 is -3.39. The molecule has 18 heavy (non-hydrogen) atoms. The maximum atomic E-state index is 10.2. The molecule has 12 nitrogen and oxygen atoms in total. The van der Waals surface area contributed by atoms with Crippen LogP contribution in [-0.2, 0) is 39.3 Å². The molecule has 0 aromatic rings. The van der Waals surface area contributed by atoms with E-state index in [2.05, 4.69) is 6.96 Å². The van der Waals surface area contributed by atoms with Crippen molar-refractivity contribution >= 4 is 67.2 Å². The molecule has 0 bridgehead atoms. The summed E-state index contributed by atoms with van der Waals surface area (Å²) in [5.41, 5.74) is 0. The quantitative estimate of drug-likeness (QED) is 0.468. The molecule has 0 atom stereocenters. The first-order valence-corrected chi connectivity index (χ1v) is 12.7. The van der Waals surface area contributed by atoms with Crippen LogP contribution in [0.5, 0.6) is 0 Å². The third-order valence-corrected chi connectivity index (χ3v) is 17.2. The third kappa shape index (κ3) is 2.09. The monoisotopic (exact) mass is 360 g/mol. The van der Waals surface area contributed by atoms with E-state index in [9.17, 15) is 17.2 Å². The van der Waals surface area contributed by atoms with E-state index in [0.717, 1.165) is 0 Å². The van der Waals surface area contributed by atoms with Crippen molar-refractivity contribution in [1.29, 1.82) is 0 Å². The molecule has 2 spiro atoms. The molecule has 0 aromatic heterocycles. The van der Waals surface area contributed by atoms with Crippen LogP contribution in [0.1, 0.15) is 0 Å². The predicted molar refractivity (Wildman–Crippen MR) is 49.0 cm³/mol. The van der Waals surface area contributed by atoms with Crippen LogP contribution in [0.25, 0.3) is 0 Å². The summed E-state index contributed by atoms with van der Waals surface area (Å²) < 4.78 is 58.6. The first-order chi connectivity index (χ1) is 8.36. The van der Waals surface area contributed by atoms with Crippen molar-refractivity contribution in [3.8, 4) is 0 Å². The Morgan fingerprint density at radius 2 is 1.06 bits per heavy atom. The third-order valence-electron chi connectivity index (χ3n) is 1.91. The van der Waals surface area contributed by atoms with Gasteiger partial charge in [-0.3, -0.25) is 0 Å². The van der Waals surface area contributed by atoms with Crippen molar-refractivity contribution < 1.29 is 48.8 Å². The van der Waals surface area contributed by atoms with Crippen LogP contribution < -0.4 is 0 Å². The van der Waals surface area contributed by atoms with Crippen LogP contribution in [0, 0.1) is 0 Å². The summed E-state index contributed by atoms with van der Waals surface area (Å²) in [6.07, 6.45) is 0. The molecule has 2 N–H and O–H groups in total. The molecule has 3 aliphatic heterocycles. The fourth-order valence-electron chi connectivity index (χ4n) is 1.35. The fraction of sp³-hybridized carbons (Fsp3) is 0. The zero-order valence-electron chi connectivity index (χ0n) is 8.13. The van der Waals surface area contributed by atoms with Gasteiger partial charge in [-0.25, -0.2) is 0 Å². The Balaban J connectivity index is 1.51. The topological polar surface area (TPSA) is 148 Å². The van der Waals surface area contributed by atoms with Gasteiger partial charge in [0.2, 0.25) is 0 Å². The summed E-state index contributed by atoms with van der Waals surface area (Å²) in [5.74, 6) is 0. The van der Waals surface area contributed by atoms with Crippen LogP contribution >= 0.6 is 0 Å². The Hall–Kier alpha value is 0.812. The van der Waals surface area contributed by atoms with E-state index in [1.54, 1.807) is 0 Å². The van der Waals surface area contributed by atoms with Crippen LogP contribution in [0.3, 0.4) is 0 Å². The standard InChI is InChI=1S/2Al.H2O10Si4.2O/c;;1-11(2)5-13(6-11)9-14(10-13)7-12(3,4)8-14;;/h;;1,3H;;/q2*+1;-2;;. The summed E-state index contributed by atoms with van der Waals surface area (Å²) in [5, 5.41) is 0. The first-order valence-electron chi connectivity index (χ1n) is 4.25. The van der Waals surface area contributed by atoms with Crippen LogP contribution in [0.15, 0.2) is 0 Å². The molecule has 0 radical (unpaired) electrons. The second-order valence-corrected chi connectivity index (χ2v) is 14.4. The van der Waals surface area contributed by atoms with E-state index < -0.39 is 67.2 Å². The molecule has 0 aliphatic carbocycles. The van der Waals surface area contributed by atoms with Crippen molar-refractivity contribution in [2.75, 3.05) is 0 Å². The molecule has 0 saturated carbocycles. The Morgan fingerprint density at radius 3 is 1.33 bits per heavy atom. The molecule has 3 aliphatic rings. The number of rotatable bonds is 4. The van der Waals surface area contributed by atoms with Crippen molar-refractivity contribution in [1.82, 2.24) is 0 Å². The van der Waals surface area contributed by atoms with Crippen molar-refractivity contribution in [2.24, 2.45) is 0 Å². The maximum absolute atomic E-state index is 10.2. The molecular formula is H2Al2O12Si4. The van der Waals surface area contributed by atoms with Gasteiger partial charge in [-0.05, 0) is 0 Å². The Bertz CT molecular complexity index is 351. The number of hydrogen-bond acceptors (Lipinski definition) is 12. The van der Waals surface area contributed by atoms with Gasteiger partial charge in [0, 0.05) is 0 Å². The minimum absolute atomic E-state index is 1.70. The Labute approximate surface area is 116 Å². The van der Waals surface area contributed by atoms with Crippen molar-refractivity contribution in [3.63, 3.8) is 0 Å². The van der Waals surface area contributed by atoms with E-state index in [1.165, 1.54) is 0 Å². The van der Waals surface area contributed by atoms with E-state index in [1.807, 2.05) is 0 Å². The van der Waals surface area contributed by atoms with Crippen LogP contribution in [0.2, 0.25) is 0 Å². The van der Waals surface area contributed by atoms with Crippen molar-refractivity contribution in [3.05, 3.63) is 0 Å². The molecule has 18 heteroatoms. The molecule has 0 amide bonds. The molecule has 3 heterocycles. The Kier molecular flexibility index (Phi) is 3.18. The Morgan fingerprint density at radius 1 is 0.722 bits per heavy atom. The van der Waals surface area contributed by atoms with E-state index in [4.69, 9.17) is 24.7 Å². The summed E-state index contributed by atoms with van der Waals surface area (Å²) in [7, 11) is -14.8. The molecule has 3 fully saturated rings. The fourth-order valence-corrected chi connectivity index (χ4v) is 16.8. The molecule has 96 valence electrons. The summed E-state index contributed by atoms with van der Waals surface area (Å²) in [6, 6.07) is 0. The second kappa shape index (κ2) is 4.15. The average molecular weight is 360 g/mol. The molecule has 0 unspecified atom stereocenters. The minimum atomic E-state index is -3.88. The zero-order valence-corrected chi connectivity index (χ0v) is 14.4. The van der Waals surface area contributed by atoms with E-state index in [0.29, 0.717) is 0 Å². The van der Waals surface area contributed by atoms with Crippen LogP contribution in [-0.4, -0.2) is 76.8 Å². The van der Waals surface area contributed by atoms with Crippen LogP contribution in [0.4, 0.5) is 0 Å².